The smallest absolute Gasteiger partial charge is 0.134 e. The van der Waals surface area contributed by atoms with Gasteiger partial charge in [0, 0.05) is 16.5 Å². The number of rotatable bonds is 3. The van der Waals surface area contributed by atoms with Crippen LogP contribution in [0.4, 0.5) is 0 Å². The van der Waals surface area contributed by atoms with Crippen molar-refractivity contribution in [3.8, 4) is 5.75 Å². The molecular weight excluding hydrogens is 256 g/mol. The largest absolute Gasteiger partial charge is 0.496 e. The number of carbonyl (C=O) groups excluding carboxylic acids is 1. The summed E-state index contributed by atoms with van der Waals surface area (Å²) >= 11 is 3.48. The second-order valence-electron chi connectivity index (χ2n) is 3.69. The highest BCUT2D eigenvalue weighted by molar-refractivity contribution is 9.10. The molecular formula is C12H15BrO2. The van der Waals surface area contributed by atoms with Gasteiger partial charge in [0.25, 0.3) is 0 Å². The molecule has 0 aliphatic rings. The van der Waals surface area contributed by atoms with Gasteiger partial charge in [0.15, 0.2) is 0 Å². The molecule has 3 heteroatoms. The minimum atomic E-state index is 0.147. The van der Waals surface area contributed by atoms with E-state index in [0.717, 1.165) is 26.9 Å². The quantitative estimate of drug-likeness (QED) is 0.843. The molecule has 82 valence electrons. The number of hydrogen-bond donors (Lipinski definition) is 0. The Kier molecular flexibility index (Phi) is 3.91. The van der Waals surface area contributed by atoms with Gasteiger partial charge in [-0.25, -0.2) is 0 Å². The summed E-state index contributed by atoms with van der Waals surface area (Å²) in [5.74, 6) is 0.972. The SMILES string of the molecule is COc1c(C)cc(Br)c(C)c1CC(C)=O. The molecule has 0 saturated carbocycles. The Morgan fingerprint density at radius 1 is 1.47 bits per heavy atom. The Morgan fingerprint density at radius 2 is 2.07 bits per heavy atom. The van der Waals surface area contributed by atoms with Crippen LogP contribution >= 0.6 is 15.9 Å². The van der Waals surface area contributed by atoms with Crippen LogP contribution in [0.3, 0.4) is 0 Å². The lowest BCUT2D eigenvalue weighted by atomic mass is 9.99. The van der Waals surface area contributed by atoms with Crippen LogP contribution in [-0.2, 0) is 11.2 Å². The van der Waals surface area contributed by atoms with Crippen LogP contribution in [-0.4, -0.2) is 12.9 Å². The van der Waals surface area contributed by atoms with E-state index < -0.39 is 0 Å². The first-order valence-corrected chi connectivity index (χ1v) is 5.58. The minimum Gasteiger partial charge on any atom is -0.496 e. The van der Waals surface area contributed by atoms with Crippen LogP contribution in [0.25, 0.3) is 0 Å². The van der Waals surface area contributed by atoms with Crippen molar-refractivity contribution in [2.24, 2.45) is 0 Å². The lowest BCUT2D eigenvalue weighted by Crippen LogP contribution is -2.04. The zero-order valence-electron chi connectivity index (χ0n) is 9.48. The molecule has 15 heavy (non-hydrogen) atoms. The van der Waals surface area contributed by atoms with Crippen LogP contribution in [0.2, 0.25) is 0 Å². The fourth-order valence-electron chi connectivity index (χ4n) is 1.66. The summed E-state index contributed by atoms with van der Waals surface area (Å²) in [5.41, 5.74) is 3.11. The second kappa shape index (κ2) is 4.79. The molecule has 0 aliphatic heterocycles. The molecule has 1 rings (SSSR count). The van der Waals surface area contributed by atoms with E-state index >= 15 is 0 Å². The third kappa shape index (κ3) is 2.59. The molecule has 0 saturated heterocycles. The number of benzene rings is 1. The monoisotopic (exact) mass is 270 g/mol. The summed E-state index contributed by atoms with van der Waals surface area (Å²) in [6.45, 7) is 5.56. The van der Waals surface area contributed by atoms with E-state index in [-0.39, 0.29) is 5.78 Å². The first-order chi connectivity index (χ1) is 6.97. The molecule has 1 aromatic carbocycles. The van der Waals surface area contributed by atoms with Gasteiger partial charge in [-0.3, -0.25) is 4.79 Å². The molecule has 0 N–H and O–H groups in total. The number of hydrogen-bond acceptors (Lipinski definition) is 2. The molecule has 0 aromatic heterocycles. The molecule has 1 aromatic rings. The lowest BCUT2D eigenvalue weighted by molar-refractivity contribution is -0.116. The average Bonchev–Trinajstić information content (AvgIpc) is 2.13. The van der Waals surface area contributed by atoms with Crippen molar-refractivity contribution in [1.82, 2.24) is 0 Å². The Balaban J connectivity index is 3.36. The highest BCUT2D eigenvalue weighted by atomic mass is 79.9. The number of ether oxygens (including phenoxy) is 1. The maximum atomic E-state index is 11.2. The molecule has 0 amide bonds. The fourth-order valence-corrected chi connectivity index (χ4v) is 2.25. The maximum absolute atomic E-state index is 11.2. The summed E-state index contributed by atoms with van der Waals surface area (Å²) in [6, 6.07) is 2.01. The van der Waals surface area contributed by atoms with Gasteiger partial charge in [-0.15, -0.1) is 0 Å². The number of carbonyl (C=O) groups is 1. The summed E-state index contributed by atoms with van der Waals surface area (Å²) in [6.07, 6.45) is 0.426. The average molecular weight is 271 g/mol. The van der Waals surface area contributed by atoms with E-state index in [1.165, 1.54) is 0 Å². The fraction of sp³-hybridized carbons (Fsp3) is 0.417. The van der Waals surface area contributed by atoms with Gasteiger partial charge >= 0.3 is 0 Å². The van der Waals surface area contributed by atoms with Gasteiger partial charge in [0.05, 0.1) is 7.11 Å². The second-order valence-corrected chi connectivity index (χ2v) is 4.55. The molecule has 0 unspecified atom stereocenters. The van der Waals surface area contributed by atoms with E-state index in [2.05, 4.69) is 15.9 Å². The summed E-state index contributed by atoms with van der Waals surface area (Å²) in [7, 11) is 1.64. The lowest BCUT2D eigenvalue weighted by Gasteiger charge is -2.14. The van der Waals surface area contributed by atoms with Crippen LogP contribution in [0.15, 0.2) is 10.5 Å². The van der Waals surface area contributed by atoms with Gasteiger partial charge < -0.3 is 4.74 Å². The summed E-state index contributed by atoms with van der Waals surface area (Å²) in [5, 5.41) is 0. The third-order valence-corrected chi connectivity index (χ3v) is 3.24. The Morgan fingerprint density at radius 3 is 2.53 bits per heavy atom. The van der Waals surface area contributed by atoms with Gasteiger partial charge in [-0.1, -0.05) is 15.9 Å². The van der Waals surface area contributed by atoms with Gasteiger partial charge in [-0.2, -0.15) is 0 Å². The van der Waals surface area contributed by atoms with Crippen LogP contribution < -0.4 is 4.74 Å². The van der Waals surface area contributed by atoms with Crippen LogP contribution in [0.1, 0.15) is 23.6 Å². The predicted octanol–water partition coefficient (Wildman–Crippen LogP) is 3.21. The Hall–Kier alpha value is -0.830. The van der Waals surface area contributed by atoms with E-state index in [1.54, 1.807) is 14.0 Å². The Bertz CT molecular complexity index is 397. The van der Waals surface area contributed by atoms with Crippen molar-refractivity contribution >= 4 is 21.7 Å². The predicted molar refractivity (Wildman–Crippen MR) is 64.6 cm³/mol. The van der Waals surface area contributed by atoms with E-state index in [1.807, 2.05) is 19.9 Å². The van der Waals surface area contributed by atoms with E-state index in [0.29, 0.717) is 6.42 Å². The number of halogens is 1. The van der Waals surface area contributed by atoms with Crippen LogP contribution in [0, 0.1) is 13.8 Å². The summed E-state index contributed by atoms with van der Waals surface area (Å²) < 4.78 is 6.36. The highest BCUT2D eigenvalue weighted by Gasteiger charge is 2.14. The Labute approximate surface area is 98.8 Å². The van der Waals surface area contributed by atoms with Gasteiger partial charge in [0.2, 0.25) is 0 Å². The molecule has 0 heterocycles. The molecule has 0 atom stereocenters. The first kappa shape index (κ1) is 12.2. The van der Waals surface area contributed by atoms with Crippen molar-refractivity contribution in [1.29, 1.82) is 0 Å². The van der Waals surface area contributed by atoms with Crippen molar-refractivity contribution < 1.29 is 9.53 Å². The molecule has 0 aliphatic carbocycles. The highest BCUT2D eigenvalue weighted by Crippen LogP contribution is 2.32. The molecule has 0 bridgehead atoms. The number of ketones is 1. The third-order valence-electron chi connectivity index (χ3n) is 2.42. The van der Waals surface area contributed by atoms with Crippen LogP contribution in [0.5, 0.6) is 5.75 Å². The zero-order chi connectivity index (χ0) is 11.6. The summed E-state index contributed by atoms with van der Waals surface area (Å²) in [4.78, 5) is 11.2. The van der Waals surface area contributed by atoms with Crippen molar-refractivity contribution in [3.05, 3.63) is 27.2 Å². The topological polar surface area (TPSA) is 26.3 Å². The number of methoxy groups -OCH3 is 1. The molecule has 0 fully saturated rings. The van der Waals surface area contributed by atoms with Crippen molar-refractivity contribution in [2.45, 2.75) is 27.2 Å². The van der Waals surface area contributed by atoms with E-state index in [4.69, 9.17) is 4.74 Å². The van der Waals surface area contributed by atoms with Gasteiger partial charge in [-0.05, 0) is 38.0 Å². The number of Topliss-reactive ketones (excluding diaryl/α,β-unsaturated/α-hetero) is 1. The maximum Gasteiger partial charge on any atom is 0.134 e. The standard InChI is InChI=1S/C12H15BrO2/c1-7-5-11(13)9(3)10(6-8(2)14)12(7)15-4/h5H,6H2,1-4H3. The van der Waals surface area contributed by atoms with Crippen molar-refractivity contribution in [2.75, 3.05) is 7.11 Å². The normalized spacial score (nSPS) is 10.2. The number of aryl methyl sites for hydroxylation is 1. The van der Waals surface area contributed by atoms with Gasteiger partial charge in [0.1, 0.15) is 11.5 Å². The minimum absolute atomic E-state index is 0.147. The first-order valence-electron chi connectivity index (χ1n) is 4.79. The van der Waals surface area contributed by atoms with E-state index in [9.17, 15) is 4.79 Å². The van der Waals surface area contributed by atoms with Crippen molar-refractivity contribution in [3.63, 3.8) is 0 Å². The molecule has 2 nitrogen and oxygen atoms in total. The molecule has 0 spiro atoms. The molecule has 0 radical (unpaired) electrons. The zero-order valence-corrected chi connectivity index (χ0v) is 11.1.